The molecule has 0 saturated carbocycles. The van der Waals surface area contributed by atoms with Crippen LogP contribution in [-0.4, -0.2) is 22.1 Å². The summed E-state index contributed by atoms with van der Waals surface area (Å²) in [7, 11) is 1.59. The molecule has 0 aliphatic rings. The molecule has 0 bridgehead atoms. The van der Waals surface area contributed by atoms with E-state index in [1.165, 1.54) is 0 Å². The number of ether oxygens (including phenoxy) is 1. The average molecular weight is 363 g/mol. The molecule has 0 atom stereocenters. The van der Waals surface area contributed by atoms with E-state index in [1.807, 2.05) is 30.3 Å². The topological polar surface area (TPSA) is 47.9 Å². The van der Waals surface area contributed by atoms with Gasteiger partial charge in [0.05, 0.1) is 7.11 Å². The third-order valence-electron chi connectivity index (χ3n) is 2.74. The van der Waals surface area contributed by atoms with Gasteiger partial charge in [-0.2, -0.15) is 0 Å². The highest BCUT2D eigenvalue weighted by Gasteiger charge is 2.08. The first-order valence-corrected chi connectivity index (χ1v) is 6.77. The minimum Gasteiger partial charge on any atom is -0.479 e. The second kappa shape index (κ2) is 5.08. The van der Waals surface area contributed by atoms with Crippen molar-refractivity contribution in [2.75, 3.05) is 7.11 Å². The Hall–Kier alpha value is -1.76. The van der Waals surface area contributed by atoms with Crippen molar-refractivity contribution in [2.24, 2.45) is 0 Å². The van der Waals surface area contributed by atoms with Gasteiger partial charge in [0.2, 0.25) is 5.88 Å². The van der Waals surface area contributed by atoms with Crippen LogP contribution in [0.3, 0.4) is 0 Å². The van der Waals surface area contributed by atoms with Crippen LogP contribution in [0.15, 0.2) is 42.7 Å². The van der Waals surface area contributed by atoms with E-state index in [4.69, 9.17) is 4.74 Å². The van der Waals surface area contributed by atoms with E-state index in [2.05, 4.69) is 37.5 Å². The van der Waals surface area contributed by atoms with Gasteiger partial charge in [-0.3, -0.25) is 0 Å². The van der Waals surface area contributed by atoms with Crippen LogP contribution in [0.5, 0.6) is 5.88 Å². The van der Waals surface area contributed by atoms with Crippen molar-refractivity contribution in [3.05, 3.63) is 46.3 Å². The zero-order valence-corrected chi connectivity index (χ0v) is 12.3. The van der Waals surface area contributed by atoms with E-state index in [0.29, 0.717) is 11.7 Å². The Morgan fingerprint density at radius 2 is 2.05 bits per heavy atom. The summed E-state index contributed by atoms with van der Waals surface area (Å²) < 4.78 is 6.39. The lowest BCUT2D eigenvalue weighted by Gasteiger charge is -2.05. The molecule has 2 heterocycles. The molecule has 0 aliphatic heterocycles. The number of benzene rings is 1. The third kappa shape index (κ3) is 2.37. The summed E-state index contributed by atoms with van der Waals surface area (Å²) in [5.41, 5.74) is 1.72. The summed E-state index contributed by atoms with van der Waals surface area (Å²) in [6.07, 6.45) is 3.48. The zero-order chi connectivity index (χ0) is 13.2. The molecule has 0 saturated heterocycles. The molecule has 0 amide bonds. The van der Waals surface area contributed by atoms with Crippen LogP contribution in [0.1, 0.15) is 0 Å². The maximum atomic E-state index is 5.24. The Balaban J connectivity index is 2.21. The van der Waals surface area contributed by atoms with Gasteiger partial charge in [-0.25, -0.2) is 15.0 Å². The highest BCUT2D eigenvalue weighted by atomic mass is 127. The first-order chi connectivity index (χ1) is 9.28. The second-order valence-electron chi connectivity index (χ2n) is 3.96. The standard InChI is InChI=1S/C14H10IN3O/c1-19-14-12-10(5-6-16-14)8-17-13(18-12)9-3-2-4-11(15)7-9/h2-8H,1H3. The molecule has 19 heavy (non-hydrogen) atoms. The van der Waals surface area contributed by atoms with E-state index in [1.54, 1.807) is 19.5 Å². The molecule has 1 aromatic carbocycles. The van der Waals surface area contributed by atoms with Crippen molar-refractivity contribution < 1.29 is 4.74 Å². The van der Waals surface area contributed by atoms with Gasteiger partial charge in [-0.1, -0.05) is 12.1 Å². The maximum Gasteiger partial charge on any atom is 0.240 e. The van der Waals surface area contributed by atoms with Crippen molar-refractivity contribution in [3.8, 4) is 17.3 Å². The number of aromatic nitrogens is 3. The molecule has 0 N–H and O–H groups in total. The van der Waals surface area contributed by atoms with Gasteiger partial charge in [0, 0.05) is 26.9 Å². The lowest BCUT2D eigenvalue weighted by atomic mass is 10.2. The molecule has 0 unspecified atom stereocenters. The number of fused-ring (bicyclic) bond motifs is 1. The fourth-order valence-electron chi connectivity index (χ4n) is 1.85. The Morgan fingerprint density at radius 1 is 1.16 bits per heavy atom. The van der Waals surface area contributed by atoms with Crippen molar-refractivity contribution in [3.63, 3.8) is 0 Å². The number of rotatable bonds is 2. The lowest BCUT2D eigenvalue weighted by Crippen LogP contribution is -1.95. The lowest BCUT2D eigenvalue weighted by molar-refractivity contribution is 0.402. The Labute approximate surface area is 124 Å². The van der Waals surface area contributed by atoms with Crippen molar-refractivity contribution in [2.45, 2.75) is 0 Å². The molecule has 3 rings (SSSR count). The number of hydrogen-bond acceptors (Lipinski definition) is 4. The Kier molecular flexibility index (Phi) is 3.29. The van der Waals surface area contributed by atoms with Crippen molar-refractivity contribution in [1.82, 2.24) is 15.0 Å². The smallest absolute Gasteiger partial charge is 0.240 e. The Morgan fingerprint density at radius 3 is 2.84 bits per heavy atom. The number of methoxy groups -OCH3 is 1. The van der Waals surface area contributed by atoms with Gasteiger partial charge < -0.3 is 4.74 Å². The predicted octanol–water partition coefficient (Wildman–Crippen LogP) is 3.31. The molecule has 94 valence electrons. The summed E-state index contributed by atoms with van der Waals surface area (Å²) in [5, 5.41) is 0.918. The fraction of sp³-hybridized carbons (Fsp3) is 0.0714. The molecule has 5 heteroatoms. The van der Waals surface area contributed by atoms with Crippen molar-refractivity contribution in [1.29, 1.82) is 0 Å². The maximum absolute atomic E-state index is 5.24. The predicted molar refractivity (Wildman–Crippen MR) is 82.0 cm³/mol. The second-order valence-corrected chi connectivity index (χ2v) is 5.21. The van der Waals surface area contributed by atoms with E-state index in [-0.39, 0.29) is 0 Å². The largest absolute Gasteiger partial charge is 0.479 e. The van der Waals surface area contributed by atoms with Crippen LogP contribution < -0.4 is 4.74 Å². The summed E-state index contributed by atoms with van der Waals surface area (Å²) in [6.45, 7) is 0. The summed E-state index contributed by atoms with van der Waals surface area (Å²) in [5.74, 6) is 1.20. The van der Waals surface area contributed by atoms with Crippen LogP contribution in [0.2, 0.25) is 0 Å². The number of hydrogen-bond donors (Lipinski definition) is 0. The monoisotopic (exact) mass is 363 g/mol. The van der Waals surface area contributed by atoms with Crippen LogP contribution in [0.4, 0.5) is 0 Å². The fourth-order valence-corrected chi connectivity index (χ4v) is 2.39. The molecular weight excluding hydrogens is 353 g/mol. The van der Waals surface area contributed by atoms with Crippen LogP contribution >= 0.6 is 22.6 Å². The van der Waals surface area contributed by atoms with E-state index in [0.717, 1.165) is 20.0 Å². The quantitative estimate of drug-likeness (QED) is 0.656. The van der Waals surface area contributed by atoms with Crippen LogP contribution in [0, 0.1) is 3.57 Å². The highest BCUT2D eigenvalue weighted by Crippen LogP contribution is 2.24. The summed E-state index contributed by atoms with van der Waals surface area (Å²) >= 11 is 2.27. The minimum absolute atomic E-state index is 0.520. The molecular formula is C14H10IN3O. The molecule has 0 radical (unpaired) electrons. The van der Waals surface area contributed by atoms with E-state index >= 15 is 0 Å². The molecule has 0 aliphatic carbocycles. The number of nitrogens with zero attached hydrogens (tertiary/aromatic N) is 3. The molecule has 0 fully saturated rings. The first kappa shape index (κ1) is 12.3. The first-order valence-electron chi connectivity index (χ1n) is 5.69. The molecule has 4 nitrogen and oxygen atoms in total. The summed E-state index contributed by atoms with van der Waals surface area (Å²) in [4.78, 5) is 13.1. The zero-order valence-electron chi connectivity index (χ0n) is 10.2. The van der Waals surface area contributed by atoms with Gasteiger partial charge in [-0.15, -0.1) is 0 Å². The van der Waals surface area contributed by atoms with Gasteiger partial charge >= 0.3 is 0 Å². The van der Waals surface area contributed by atoms with Crippen LogP contribution in [-0.2, 0) is 0 Å². The number of pyridine rings is 1. The van der Waals surface area contributed by atoms with Crippen LogP contribution in [0.25, 0.3) is 22.3 Å². The Bertz CT molecular complexity index is 746. The van der Waals surface area contributed by atoms with Gasteiger partial charge in [0.25, 0.3) is 0 Å². The molecule has 3 aromatic rings. The van der Waals surface area contributed by atoms with E-state index < -0.39 is 0 Å². The molecule has 0 spiro atoms. The normalized spacial score (nSPS) is 10.6. The SMILES string of the molecule is COc1nccc2cnc(-c3cccc(I)c3)nc12. The van der Waals surface area contributed by atoms with E-state index in [9.17, 15) is 0 Å². The minimum atomic E-state index is 0.520. The summed E-state index contributed by atoms with van der Waals surface area (Å²) in [6, 6.07) is 9.94. The van der Waals surface area contributed by atoms with Crippen molar-refractivity contribution >= 4 is 33.5 Å². The third-order valence-corrected chi connectivity index (χ3v) is 3.41. The van der Waals surface area contributed by atoms with Gasteiger partial charge in [-0.05, 0) is 40.8 Å². The highest BCUT2D eigenvalue weighted by molar-refractivity contribution is 14.1. The van der Waals surface area contributed by atoms with Gasteiger partial charge in [0.15, 0.2) is 5.82 Å². The average Bonchev–Trinajstić information content (AvgIpc) is 2.46. The molecule has 2 aromatic heterocycles. The number of halogens is 1. The van der Waals surface area contributed by atoms with Gasteiger partial charge in [0.1, 0.15) is 5.52 Å².